The summed E-state index contributed by atoms with van der Waals surface area (Å²) < 4.78 is 39.1. The number of carbonyl (C=O) groups is 1. The van der Waals surface area contributed by atoms with Crippen LogP contribution in [0.1, 0.15) is 0 Å². The summed E-state index contributed by atoms with van der Waals surface area (Å²) in [6.07, 6.45) is -0.891. The minimum atomic E-state index is -2.32. The standard InChI is InChI=1S/C10H6ClFN2O4S2/c11-7-3-6(1-2-8(7)12)18-10(15)14-9-4-19(5-13-9)20(16)17/h1-5H,(H,14,15). The van der Waals surface area contributed by atoms with Crippen LogP contribution in [-0.2, 0) is 18.7 Å². The zero-order valence-electron chi connectivity index (χ0n) is 9.54. The summed E-state index contributed by atoms with van der Waals surface area (Å²) in [4.78, 5) is 15.2. The lowest BCUT2D eigenvalue weighted by atomic mass is 10.3. The second kappa shape index (κ2) is 6.16. The van der Waals surface area contributed by atoms with Crippen LogP contribution in [0.2, 0.25) is 5.02 Å². The molecule has 1 heterocycles. The molecule has 0 saturated carbocycles. The third kappa shape index (κ3) is 3.65. The molecule has 0 spiro atoms. The van der Waals surface area contributed by atoms with E-state index in [9.17, 15) is 17.6 Å². The summed E-state index contributed by atoms with van der Waals surface area (Å²) in [5.74, 6) is -0.525. The molecular weight excluding hydrogens is 331 g/mol. The van der Waals surface area contributed by atoms with E-state index in [1.807, 2.05) is 0 Å². The Bertz CT molecular complexity index is 765. The summed E-state index contributed by atoms with van der Waals surface area (Å²) >= 11 is 5.53. The van der Waals surface area contributed by atoms with Crippen molar-refractivity contribution in [2.75, 3.05) is 0 Å². The number of benzene rings is 1. The van der Waals surface area contributed by atoms with Gasteiger partial charge in [0.1, 0.15) is 17.4 Å². The smallest absolute Gasteiger partial charge is 0.410 e. The van der Waals surface area contributed by atoms with Crippen LogP contribution in [0.4, 0.5) is 9.18 Å². The zero-order chi connectivity index (χ0) is 14.7. The van der Waals surface area contributed by atoms with Crippen molar-refractivity contribution in [3.8, 4) is 5.75 Å². The molecule has 2 rings (SSSR count). The number of carbonyl (C=O) groups excluding carboxylic acids is 1. The molecule has 1 aliphatic heterocycles. The minimum Gasteiger partial charge on any atom is -0.410 e. The van der Waals surface area contributed by atoms with Crippen molar-refractivity contribution in [2.45, 2.75) is 0 Å². The number of halogens is 2. The van der Waals surface area contributed by atoms with E-state index in [-0.39, 0.29) is 16.6 Å². The minimum absolute atomic E-state index is 0.0443. The highest BCUT2D eigenvalue weighted by molar-refractivity contribution is 8.42. The maximum absolute atomic E-state index is 12.9. The number of hydrogen-bond acceptors (Lipinski definition) is 5. The van der Waals surface area contributed by atoms with Gasteiger partial charge in [0, 0.05) is 20.9 Å². The molecule has 1 amide bonds. The number of amides is 1. The van der Waals surface area contributed by atoms with Gasteiger partial charge in [-0.15, -0.1) is 0 Å². The topological polar surface area (TPSA) is 84.8 Å². The maximum Gasteiger partial charge on any atom is 0.418 e. The second-order valence-corrected chi connectivity index (χ2v) is 7.25. The predicted molar refractivity (Wildman–Crippen MR) is 73.4 cm³/mol. The molecule has 0 bridgehead atoms. The van der Waals surface area contributed by atoms with E-state index >= 15 is 0 Å². The number of nitrogens with zero attached hydrogens (tertiary/aromatic N) is 1. The Morgan fingerprint density at radius 1 is 1.45 bits per heavy atom. The van der Waals surface area contributed by atoms with Crippen LogP contribution in [0.25, 0.3) is 0 Å². The monoisotopic (exact) mass is 336 g/mol. The van der Waals surface area contributed by atoms with Crippen molar-refractivity contribution in [1.29, 1.82) is 0 Å². The van der Waals surface area contributed by atoms with Gasteiger partial charge in [-0.1, -0.05) is 11.6 Å². The van der Waals surface area contributed by atoms with Gasteiger partial charge in [0.15, 0.2) is 0 Å². The number of hydrogen-bond donors (Lipinski definition) is 1. The van der Waals surface area contributed by atoms with E-state index in [1.165, 1.54) is 17.0 Å². The SMILES string of the molecule is O=C(NC1=CS(=S(=O)=O)C=N1)Oc1ccc(F)c(Cl)c1. The average molecular weight is 337 g/mol. The molecule has 106 valence electrons. The lowest BCUT2D eigenvalue weighted by Crippen LogP contribution is -2.25. The van der Waals surface area contributed by atoms with E-state index < -0.39 is 30.6 Å². The Hall–Kier alpha value is -1.71. The summed E-state index contributed by atoms with van der Waals surface area (Å²) in [6, 6.07) is 3.42. The van der Waals surface area contributed by atoms with E-state index in [0.29, 0.717) is 0 Å². The van der Waals surface area contributed by atoms with Gasteiger partial charge in [0.2, 0.25) is 9.26 Å². The third-order valence-electron chi connectivity index (χ3n) is 2.01. The van der Waals surface area contributed by atoms with Crippen LogP contribution in [0, 0.1) is 5.82 Å². The molecule has 0 aromatic heterocycles. The van der Waals surface area contributed by atoms with Crippen molar-refractivity contribution in [3.63, 3.8) is 0 Å². The highest BCUT2D eigenvalue weighted by Crippen LogP contribution is 2.21. The van der Waals surface area contributed by atoms with Crippen LogP contribution in [0.5, 0.6) is 5.75 Å². The molecule has 0 aliphatic carbocycles. The van der Waals surface area contributed by atoms with Crippen molar-refractivity contribution >= 4 is 42.0 Å². The van der Waals surface area contributed by atoms with Crippen LogP contribution in [0.3, 0.4) is 0 Å². The molecule has 10 heteroatoms. The van der Waals surface area contributed by atoms with E-state index in [1.54, 1.807) is 0 Å². The summed E-state index contributed by atoms with van der Waals surface area (Å²) in [5, 5.41) is 3.33. The van der Waals surface area contributed by atoms with E-state index in [2.05, 4.69) is 10.3 Å². The third-order valence-corrected chi connectivity index (χ3v) is 4.87. The first kappa shape index (κ1) is 14.7. The Morgan fingerprint density at radius 2 is 2.20 bits per heavy atom. The normalized spacial score (nSPS) is 16.7. The fraction of sp³-hybridized carbons (Fsp3) is 0. The largest absolute Gasteiger partial charge is 0.418 e. The second-order valence-electron chi connectivity index (χ2n) is 3.36. The lowest BCUT2D eigenvalue weighted by Gasteiger charge is -2.05. The molecule has 0 radical (unpaired) electrons. The van der Waals surface area contributed by atoms with Crippen molar-refractivity contribution in [2.24, 2.45) is 4.99 Å². The predicted octanol–water partition coefficient (Wildman–Crippen LogP) is 1.82. The molecule has 1 aliphatic rings. The summed E-state index contributed by atoms with van der Waals surface area (Å²) in [7, 11) is -3.48. The van der Waals surface area contributed by atoms with Gasteiger partial charge >= 0.3 is 6.09 Å². The summed E-state index contributed by atoms with van der Waals surface area (Å²) in [5.41, 5.74) is 1.19. The molecule has 20 heavy (non-hydrogen) atoms. The fourth-order valence-electron chi connectivity index (χ4n) is 1.19. The fourth-order valence-corrected chi connectivity index (χ4v) is 2.98. The van der Waals surface area contributed by atoms with Gasteiger partial charge in [-0.05, 0) is 12.1 Å². The zero-order valence-corrected chi connectivity index (χ0v) is 11.9. The molecule has 0 saturated heterocycles. The van der Waals surface area contributed by atoms with Gasteiger partial charge < -0.3 is 4.74 Å². The van der Waals surface area contributed by atoms with Gasteiger partial charge in [0.05, 0.1) is 10.6 Å². The molecule has 0 fully saturated rings. The van der Waals surface area contributed by atoms with Gasteiger partial charge in [0.25, 0.3) is 0 Å². The number of ether oxygens (including phenoxy) is 1. The van der Waals surface area contributed by atoms with E-state index in [4.69, 9.17) is 16.3 Å². The number of rotatable bonds is 2. The molecule has 1 aromatic rings. The van der Waals surface area contributed by atoms with Gasteiger partial charge in [-0.2, -0.15) is 8.42 Å². The first-order valence-corrected chi connectivity index (χ1v) is 8.29. The Kier molecular flexibility index (Phi) is 4.53. The Labute approximate surface area is 121 Å². The Morgan fingerprint density at radius 3 is 2.80 bits per heavy atom. The molecular formula is C10H6ClFN2O4S2. The number of nitrogens with one attached hydrogen (secondary N) is 1. The first-order chi connectivity index (χ1) is 9.45. The molecule has 1 N–H and O–H groups in total. The van der Waals surface area contributed by atoms with Crippen molar-refractivity contribution in [1.82, 2.24) is 5.32 Å². The molecule has 6 nitrogen and oxygen atoms in total. The van der Waals surface area contributed by atoms with Crippen LogP contribution < -0.4 is 10.1 Å². The van der Waals surface area contributed by atoms with Gasteiger partial charge in [-0.3, -0.25) is 5.32 Å². The van der Waals surface area contributed by atoms with Crippen molar-refractivity contribution < 1.29 is 22.3 Å². The average Bonchev–Trinajstić information content (AvgIpc) is 2.82. The highest BCUT2D eigenvalue weighted by Gasteiger charge is 2.11. The van der Waals surface area contributed by atoms with Crippen LogP contribution in [0.15, 0.2) is 34.4 Å². The van der Waals surface area contributed by atoms with Crippen molar-refractivity contribution in [3.05, 3.63) is 40.3 Å². The summed E-state index contributed by atoms with van der Waals surface area (Å²) in [6.45, 7) is 0. The van der Waals surface area contributed by atoms with Crippen LogP contribution in [-0.4, -0.2) is 20.1 Å². The molecule has 1 aromatic carbocycles. The number of aliphatic imine (C=N–C) groups is 1. The maximum atomic E-state index is 12.9. The Balaban J connectivity index is 2.04. The first-order valence-electron chi connectivity index (χ1n) is 4.97. The highest BCUT2D eigenvalue weighted by atomic mass is 35.5. The molecule has 1 unspecified atom stereocenters. The van der Waals surface area contributed by atoms with Gasteiger partial charge in [-0.25, -0.2) is 14.2 Å². The van der Waals surface area contributed by atoms with Crippen LogP contribution >= 0.6 is 11.6 Å². The van der Waals surface area contributed by atoms with E-state index in [0.717, 1.165) is 12.1 Å². The quantitative estimate of drug-likeness (QED) is 0.892. The molecule has 1 atom stereocenters. The lowest BCUT2D eigenvalue weighted by molar-refractivity contribution is 0.203.